The Labute approximate surface area is 148 Å². The standard InChI is InChI=1S/C21H22N2O2/c24-20-18(15-22-13-7-8-14-22)21(25)23(17-11-5-2-6-12-17)19(20)16-9-3-1-4-10-16/h1-6,9-12,18,24H,7-8,13-15H2/t18-/m0/s1. The van der Waals surface area contributed by atoms with Gasteiger partial charge in [-0.1, -0.05) is 48.5 Å². The van der Waals surface area contributed by atoms with E-state index in [9.17, 15) is 9.90 Å². The van der Waals surface area contributed by atoms with E-state index in [1.165, 1.54) is 12.8 Å². The first-order chi connectivity index (χ1) is 12.3. The highest BCUT2D eigenvalue weighted by molar-refractivity contribution is 6.13. The van der Waals surface area contributed by atoms with Gasteiger partial charge in [-0.3, -0.25) is 9.69 Å². The van der Waals surface area contributed by atoms with Crippen molar-refractivity contribution in [2.24, 2.45) is 5.92 Å². The fraction of sp³-hybridized carbons (Fsp3) is 0.286. The van der Waals surface area contributed by atoms with Crippen LogP contribution in [0.5, 0.6) is 0 Å². The first kappa shape index (κ1) is 15.9. The number of rotatable bonds is 4. The van der Waals surface area contributed by atoms with E-state index in [0.29, 0.717) is 12.2 Å². The van der Waals surface area contributed by atoms with Crippen molar-refractivity contribution in [3.63, 3.8) is 0 Å². The second-order valence-electron chi connectivity index (χ2n) is 6.67. The molecule has 25 heavy (non-hydrogen) atoms. The first-order valence-electron chi connectivity index (χ1n) is 8.85. The van der Waals surface area contributed by atoms with Crippen molar-refractivity contribution in [2.75, 3.05) is 24.5 Å². The second kappa shape index (κ2) is 6.73. The molecule has 1 atom stereocenters. The van der Waals surface area contributed by atoms with Crippen molar-refractivity contribution in [2.45, 2.75) is 12.8 Å². The molecule has 0 saturated carbocycles. The van der Waals surface area contributed by atoms with Crippen LogP contribution in [0.25, 0.3) is 5.70 Å². The number of likely N-dealkylation sites (tertiary alicyclic amines) is 1. The highest BCUT2D eigenvalue weighted by atomic mass is 16.3. The summed E-state index contributed by atoms with van der Waals surface area (Å²) in [6.07, 6.45) is 2.33. The predicted molar refractivity (Wildman–Crippen MR) is 99.1 cm³/mol. The number of aliphatic hydroxyl groups excluding tert-OH is 1. The third-order valence-corrected chi connectivity index (χ3v) is 5.02. The topological polar surface area (TPSA) is 43.8 Å². The number of aliphatic hydroxyl groups is 1. The van der Waals surface area contributed by atoms with Crippen molar-refractivity contribution in [3.8, 4) is 0 Å². The maximum absolute atomic E-state index is 13.2. The molecule has 2 heterocycles. The van der Waals surface area contributed by atoms with E-state index in [2.05, 4.69) is 4.90 Å². The molecule has 2 aliphatic rings. The van der Waals surface area contributed by atoms with Crippen LogP contribution in [0.1, 0.15) is 18.4 Å². The summed E-state index contributed by atoms with van der Waals surface area (Å²) in [5.41, 5.74) is 2.27. The van der Waals surface area contributed by atoms with Gasteiger partial charge < -0.3 is 10.0 Å². The molecule has 4 nitrogen and oxygen atoms in total. The van der Waals surface area contributed by atoms with Gasteiger partial charge in [-0.2, -0.15) is 0 Å². The molecule has 4 heteroatoms. The van der Waals surface area contributed by atoms with E-state index in [0.717, 1.165) is 24.3 Å². The Hall–Kier alpha value is -2.59. The third kappa shape index (κ3) is 2.94. The predicted octanol–water partition coefficient (Wildman–Crippen LogP) is 3.67. The van der Waals surface area contributed by atoms with Crippen LogP contribution in [-0.2, 0) is 4.79 Å². The number of benzene rings is 2. The molecule has 2 aromatic carbocycles. The third-order valence-electron chi connectivity index (χ3n) is 5.02. The van der Waals surface area contributed by atoms with Crippen LogP contribution in [0.4, 0.5) is 5.69 Å². The SMILES string of the molecule is O=C1[C@@H](CN2CCCC2)C(O)=C(c2ccccc2)N1c1ccccc1. The number of hydrogen-bond donors (Lipinski definition) is 1. The summed E-state index contributed by atoms with van der Waals surface area (Å²) in [5.74, 6) is -0.352. The van der Waals surface area contributed by atoms with Gasteiger partial charge in [0.1, 0.15) is 11.7 Å². The molecule has 128 valence electrons. The van der Waals surface area contributed by atoms with Crippen molar-refractivity contribution in [3.05, 3.63) is 72.0 Å². The normalized spacial score (nSPS) is 21.4. The lowest BCUT2D eigenvalue weighted by molar-refractivity contribution is -0.120. The molecule has 1 amide bonds. The molecule has 0 spiro atoms. The van der Waals surface area contributed by atoms with E-state index in [4.69, 9.17) is 0 Å². The molecular formula is C21H22N2O2. The minimum atomic E-state index is -0.492. The average molecular weight is 334 g/mol. The zero-order valence-corrected chi connectivity index (χ0v) is 14.1. The minimum Gasteiger partial charge on any atom is -0.509 e. The van der Waals surface area contributed by atoms with Gasteiger partial charge in [-0.25, -0.2) is 0 Å². The zero-order chi connectivity index (χ0) is 17.2. The summed E-state index contributed by atoms with van der Waals surface area (Å²) < 4.78 is 0. The Morgan fingerprint density at radius 1 is 0.920 bits per heavy atom. The number of carbonyl (C=O) groups is 1. The van der Waals surface area contributed by atoms with E-state index in [1.807, 2.05) is 60.7 Å². The Kier molecular flexibility index (Phi) is 4.28. The van der Waals surface area contributed by atoms with Crippen molar-refractivity contribution in [1.82, 2.24) is 4.90 Å². The summed E-state index contributed by atoms with van der Waals surface area (Å²) >= 11 is 0. The smallest absolute Gasteiger partial charge is 0.243 e. The molecule has 0 aromatic heterocycles. The molecular weight excluding hydrogens is 312 g/mol. The number of hydrogen-bond acceptors (Lipinski definition) is 3. The molecule has 2 aliphatic heterocycles. The lowest BCUT2D eigenvalue weighted by atomic mass is 10.1. The Bertz CT molecular complexity index is 780. The van der Waals surface area contributed by atoms with E-state index >= 15 is 0 Å². The molecule has 2 aromatic rings. The monoisotopic (exact) mass is 334 g/mol. The summed E-state index contributed by atoms with van der Waals surface area (Å²) in [6.45, 7) is 2.59. The van der Waals surface area contributed by atoms with Crippen LogP contribution in [-0.4, -0.2) is 35.5 Å². The van der Waals surface area contributed by atoms with Gasteiger partial charge in [0.2, 0.25) is 5.91 Å². The van der Waals surface area contributed by atoms with Gasteiger partial charge in [0.15, 0.2) is 0 Å². The number of nitrogens with zero attached hydrogens (tertiary/aromatic N) is 2. The van der Waals surface area contributed by atoms with Crippen LogP contribution < -0.4 is 4.90 Å². The average Bonchev–Trinajstić information content (AvgIpc) is 3.25. The molecule has 1 N–H and O–H groups in total. The Morgan fingerprint density at radius 2 is 1.52 bits per heavy atom. The number of amides is 1. The van der Waals surface area contributed by atoms with Crippen LogP contribution in [0, 0.1) is 5.92 Å². The lowest BCUT2D eigenvalue weighted by Crippen LogP contribution is -2.35. The maximum Gasteiger partial charge on any atom is 0.243 e. The zero-order valence-electron chi connectivity index (χ0n) is 14.1. The summed E-state index contributed by atoms with van der Waals surface area (Å²) in [7, 11) is 0. The van der Waals surface area contributed by atoms with Gasteiger partial charge in [-0.05, 0) is 38.1 Å². The largest absolute Gasteiger partial charge is 0.509 e. The number of carbonyl (C=O) groups excluding carboxylic acids is 1. The van der Waals surface area contributed by atoms with Crippen LogP contribution in [0.3, 0.4) is 0 Å². The summed E-state index contributed by atoms with van der Waals surface area (Å²) in [5, 5.41) is 11.0. The highest BCUT2D eigenvalue weighted by Gasteiger charge is 2.42. The number of para-hydroxylation sites is 1. The fourth-order valence-corrected chi connectivity index (χ4v) is 3.76. The van der Waals surface area contributed by atoms with Crippen molar-refractivity contribution >= 4 is 17.3 Å². The van der Waals surface area contributed by atoms with Crippen LogP contribution in [0.2, 0.25) is 0 Å². The van der Waals surface area contributed by atoms with Gasteiger partial charge >= 0.3 is 0 Å². The molecule has 0 radical (unpaired) electrons. The molecule has 0 unspecified atom stereocenters. The summed E-state index contributed by atoms with van der Waals surface area (Å²) in [4.78, 5) is 17.1. The fourth-order valence-electron chi connectivity index (χ4n) is 3.76. The van der Waals surface area contributed by atoms with Gasteiger partial charge in [0.25, 0.3) is 0 Å². The van der Waals surface area contributed by atoms with Crippen LogP contribution >= 0.6 is 0 Å². The quantitative estimate of drug-likeness (QED) is 0.928. The van der Waals surface area contributed by atoms with Crippen molar-refractivity contribution < 1.29 is 9.90 Å². The van der Waals surface area contributed by atoms with Gasteiger partial charge in [-0.15, -0.1) is 0 Å². The van der Waals surface area contributed by atoms with E-state index < -0.39 is 5.92 Å². The van der Waals surface area contributed by atoms with E-state index in [-0.39, 0.29) is 11.7 Å². The Morgan fingerprint density at radius 3 is 2.16 bits per heavy atom. The maximum atomic E-state index is 13.2. The van der Waals surface area contributed by atoms with Gasteiger partial charge in [0, 0.05) is 17.8 Å². The van der Waals surface area contributed by atoms with E-state index in [1.54, 1.807) is 4.90 Å². The molecule has 0 bridgehead atoms. The number of anilines is 1. The lowest BCUT2D eigenvalue weighted by Gasteiger charge is -2.22. The highest BCUT2D eigenvalue weighted by Crippen LogP contribution is 2.38. The van der Waals surface area contributed by atoms with Crippen LogP contribution in [0.15, 0.2) is 66.4 Å². The second-order valence-corrected chi connectivity index (χ2v) is 6.67. The molecule has 0 aliphatic carbocycles. The van der Waals surface area contributed by atoms with Gasteiger partial charge in [0.05, 0.1) is 5.70 Å². The molecule has 4 rings (SSSR count). The van der Waals surface area contributed by atoms with Crippen molar-refractivity contribution in [1.29, 1.82) is 0 Å². The summed E-state index contributed by atoms with van der Waals surface area (Å²) in [6, 6.07) is 19.2. The molecule has 1 saturated heterocycles. The Balaban J connectivity index is 1.75. The minimum absolute atomic E-state index is 0.0468. The first-order valence-corrected chi connectivity index (χ1v) is 8.85. The molecule has 1 fully saturated rings.